The maximum atomic E-state index is 13.6. The number of hydrogen-bond donors (Lipinski definition) is 2. The molecule has 0 radical (unpaired) electrons. The Morgan fingerprint density at radius 3 is 2.05 bits per heavy atom. The highest BCUT2D eigenvalue weighted by Crippen LogP contribution is 2.20. The molecule has 0 saturated heterocycles. The first-order valence-electron chi connectivity index (χ1n) is 5.74. The molecule has 2 aromatic carbocycles. The molecule has 0 aliphatic rings. The largest absolute Gasteiger partial charge is 0.366 e. The van der Waals surface area contributed by atoms with Crippen molar-refractivity contribution in [3.8, 4) is 0 Å². The summed E-state index contributed by atoms with van der Waals surface area (Å²) < 4.78 is 27.5. The maximum Gasteiger partial charge on any atom is 0.261 e. The number of anilines is 1. The summed E-state index contributed by atoms with van der Waals surface area (Å²) in [5, 5.41) is 2.34. The van der Waals surface area contributed by atoms with E-state index in [0.29, 0.717) is 0 Å². The van der Waals surface area contributed by atoms with Gasteiger partial charge in [0, 0.05) is 15.7 Å². The summed E-state index contributed by atoms with van der Waals surface area (Å²) in [6.07, 6.45) is 0. The van der Waals surface area contributed by atoms with Gasteiger partial charge in [0.15, 0.2) is 0 Å². The Kier molecular flexibility index (Phi) is 4.32. The quantitative estimate of drug-likeness (QED) is 0.888. The van der Waals surface area contributed by atoms with E-state index in [1.807, 2.05) is 0 Å². The second-order valence-corrected chi connectivity index (χ2v) is 5.06. The lowest BCUT2D eigenvalue weighted by atomic mass is 10.1. The third kappa shape index (κ3) is 3.43. The van der Waals surface area contributed by atoms with E-state index < -0.39 is 29.0 Å². The van der Waals surface area contributed by atoms with Crippen LogP contribution in [0.4, 0.5) is 14.5 Å². The van der Waals surface area contributed by atoms with Crippen LogP contribution in [0.3, 0.4) is 0 Å². The zero-order chi connectivity index (χ0) is 15.6. The Morgan fingerprint density at radius 1 is 1.05 bits per heavy atom. The maximum absolute atomic E-state index is 13.6. The van der Waals surface area contributed by atoms with Crippen molar-refractivity contribution in [1.29, 1.82) is 0 Å². The molecule has 0 aliphatic heterocycles. The van der Waals surface area contributed by atoms with Crippen LogP contribution in [0.1, 0.15) is 20.7 Å². The first-order chi connectivity index (χ1) is 9.88. The predicted molar refractivity (Wildman–Crippen MR) is 77.0 cm³/mol. The SMILES string of the molecule is NC(=O)c1ccc(NC(=O)c2c(F)cc(Br)cc2F)cc1. The number of nitrogens with two attached hydrogens (primary N) is 1. The number of halogens is 3. The molecule has 2 aromatic rings. The molecule has 0 unspecified atom stereocenters. The van der Waals surface area contributed by atoms with Crippen LogP contribution in [-0.4, -0.2) is 11.8 Å². The summed E-state index contributed by atoms with van der Waals surface area (Å²) in [6, 6.07) is 7.60. The highest BCUT2D eigenvalue weighted by atomic mass is 79.9. The molecule has 3 N–H and O–H groups in total. The van der Waals surface area contributed by atoms with E-state index in [1.54, 1.807) is 0 Å². The number of carbonyl (C=O) groups excluding carboxylic acids is 2. The summed E-state index contributed by atoms with van der Waals surface area (Å²) in [7, 11) is 0. The fourth-order valence-corrected chi connectivity index (χ4v) is 2.07. The van der Waals surface area contributed by atoms with Crippen molar-refractivity contribution in [3.63, 3.8) is 0 Å². The Hall–Kier alpha value is -2.28. The number of nitrogens with one attached hydrogen (secondary N) is 1. The van der Waals surface area contributed by atoms with Gasteiger partial charge in [-0.15, -0.1) is 0 Å². The van der Waals surface area contributed by atoms with Crippen LogP contribution < -0.4 is 11.1 Å². The molecule has 4 nitrogen and oxygen atoms in total. The van der Waals surface area contributed by atoms with Crippen molar-refractivity contribution >= 4 is 33.4 Å². The molecule has 0 fully saturated rings. The molecule has 2 rings (SSSR count). The van der Waals surface area contributed by atoms with Crippen LogP contribution in [0.5, 0.6) is 0 Å². The molecular formula is C14H9BrF2N2O2. The van der Waals surface area contributed by atoms with Crippen LogP contribution in [0, 0.1) is 11.6 Å². The fraction of sp³-hybridized carbons (Fsp3) is 0. The van der Waals surface area contributed by atoms with Crippen LogP contribution in [0.25, 0.3) is 0 Å². The predicted octanol–water partition coefficient (Wildman–Crippen LogP) is 3.08. The Morgan fingerprint density at radius 2 is 1.57 bits per heavy atom. The van der Waals surface area contributed by atoms with E-state index >= 15 is 0 Å². The van der Waals surface area contributed by atoms with Gasteiger partial charge in [0.05, 0.1) is 0 Å². The van der Waals surface area contributed by atoms with Crippen LogP contribution >= 0.6 is 15.9 Å². The summed E-state index contributed by atoms with van der Waals surface area (Å²) >= 11 is 2.93. The number of carbonyl (C=O) groups is 2. The smallest absolute Gasteiger partial charge is 0.261 e. The molecule has 0 atom stereocenters. The van der Waals surface area contributed by atoms with Gasteiger partial charge in [-0.3, -0.25) is 9.59 Å². The van der Waals surface area contributed by atoms with Gasteiger partial charge in [-0.1, -0.05) is 15.9 Å². The molecule has 0 heterocycles. The van der Waals surface area contributed by atoms with Gasteiger partial charge in [0.25, 0.3) is 5.91 Å². The van der Waals surface area contributed by atoms with Gasteiger partial charge in [-0.2, -0.15) is 0 Å². The third-order valence-corrected chi connectivity index (χ3v) is 3.12. The molecular weight excluding hydrogens is 346 g/mol. The zero-order valence-electron chi connectivity index (χ0n) is 10.5. The highest BCUT2D eigenvalue weighted by molar-refractivity contribution is 9.10. The molecule has 0 aliphatic carbocycles. The highest BCUT2D eigenvalue weighted by Gasteiger charge is 2.18. The summed E-state index contributed by atoms with van der Waals surface area (Å²) in [6.45, 7) is 0. The van der Waals surface area contributed by atoms with Crippen molar-refractivity contribution in [2.45, 2.75) is 0 Å². The minimum absolute atomic E-state index is 0.194. The second-order valence-electron chi connectivity index (χ2n) is 4.14. The molecule has 2 amide bonds. The molecule has 21 heavy (non-hydrogen) atoms. The average molecular weight is 355 g/mol. The summed E-state index contributed by atoms with van der Waals surface area (Å²) in [5.74, 6) is -3.50. The third-order valence-electron chi connectivity index (χ3n) is 2.66. The van der Waals surface area contributed by atoms with Gasteiger partial charge in [-0.25, -0.2) is 8.78 Å². The molecule has 7 heteroatoms. The van der Waals surface area contributed by atoms with Crippen LogP contribution in [0.15, 0.2) is 40.9 Å². The number of rotatable bonds is 3. The first kappa shape index (κ1) is 15.1. The monoisotopic (exact) mass is 354 g/mol. The Balaban J connectivity index is 2.24. The van der Waals surface area contributed by atoms with Gasteiger partial charge >= 0.3 is 0 Å². The topological polar surface area (TPSA) is 72.2 Å². The van der Waals surface area contributed by atoms with Crippen molar-refractivity contribution in [2.75, 3.05) is 5.32 Å². The van der Waals surface area contributed by atoms with E-state index in [1.165, 1.54) is 24.3 Å². The van der Waals surface area contributed by atoms with Crippen LogP contribution in [-0.2, 0) is 0 Å². The van der Waals surface area contributed by atoms with E-state index in [2.05, 4.69) is 21.2 Å². The van der Waals surface area contributed by atoms with Crippen molar-refractivity contribution in [3.05, 3.63) is 63.6 Å². The van der Waals surface area contributed by atoms with E-state index in [-0.39, 0.29) is 15.7 Å². The second kappa shape index (κ2) is 6.01. The average Bonchev–Trinajstić information content (AvgIpc) is 2.37. The lowest BCUT2D eigenvalue weighted by molar-refractivity contribution is 0.0997. The molecule has 0 aromatic heterocycles. The number of primary amides is 1. The van der Waals surface area contributed by atoms with E-state index in [4.69, 9.17) is 5.73 Å². The Bertz CT molecular complexity index is 694. The number of benzene rings is 2. The van der Waals surface area contributed by atoms with Crippen molar-refractivity contribution in [2.24, 2.45) is 5.73 Å². The molecule has 0 spiro atoms. The minimum Gasteiger partial charge on any atom is -0.366 e. The van der Waals surface area contributed by atoms with Crippen LogP contribution in [0.2, 0.25) is 0 Å². The van der Waals surface area contributed by atoms with Crippen molar-refractivity contribution < 1.29 is 18.4 Å². The minimum atomic E-state index is -0.979. The lowest BCUT2D eigenvalue weighted by Gasteiger charge is -2.08. The van der Waals surface area contributed by atoms with Gasteiger partial charge < -0.3 is 11.1 Å². The van der Waals surface area contributed by atoms with E-state index in [0.717, 1.165) is 12.1 Å². The van der Waals surface area contributed by atoms with Gasteiger partial charge in [-0.05, 0) is 36.4 Å². The molecule has 108 valence electrons. The Labute approximate surface area is 127 Å². The first-order valence-corrected chi connectivity index (χ1v) is 6.53. The lowest BCUT2D eigenvalue weighted by Crippen LogP contribution is -2.16. The molecule has 0 bridgehead atoms. The molecule has 0 saturated carbocycles. The van der Waals surface area contributed by atoms with E-state index in [9.17, 15) is 18.4 Å². The zero-order valence-corrected chi connectivity index (χ0v) is 12.1. The number of hydrogen-bond acceptors (Lipinski definition) is 2. The van der Waals surface area contributed by atoms with Gasteiger partial charge in [0.2, 0.25) is 5.91 Å². The standard InChI is InChI=1S/C14H9BrF2N2O2/c15-8-5-10(16)12(11(17)6-8)14(21)19-9-3-1-7(2-4-9)13(18)20/h1-6H,(H2,18,20)(H,19,21). The van der Waals surface area contributed by atoms with Crippen molar-refractivity contribution in [1.82, 2.24) is 0 Å². The fourth-order valence-electron chi connectivity index (χ4n) is 1.67. The normalized spacial score (nSPS) is 10.2. The number of amides is 2. The van der Waals surface area contributed by atoms with Gasteiger partial charge in [0.1, 0.15) is 17.2 Å². The summed E-state index contributed by atoms with van der Waals surface area (Å²) in [4.78, 5) is 22.8. The summed E-state index contributed by atoms with van der Waals surface area (Å²) in [5.41, 5.74) is 4.94.